The first-order valence-corrected chi connectivity index (χ1v) is 8.22. The van der Waals surface area contributed by atoms with Crippen LogP contribution in [0.4, 0.5) is 0 Å². The highest BCUT2D eigenvalue weighted by atomic mass is 35.5. The Labute approximate surface area is 146 Å². The molecule has 0 bridgehead atoms. The predicted molar refractivity (Wildman–Crippen MR) is 93.8 cm³/mol. The Bertz CT molecular complexity index is 756. The van der Waals surface area contributed by atoms with Crippen molar-refractivity contribution < 1.29 is 14.3 Å². The van der Waals surface area contributed by atoms with Crippen molar-refractivity contribution in [3.8, 4) is 11.5 Å². The van der Waals surface area contributed by atoms with E-state index in [-0.39, 0.29) is 5.91 Å². The number of benzene rings is 2. The Balaban J connectivity index is 1.72. The standard InChI is InChI=1S/C19H20ClNO3/c1-23-16-7-6-13(17(11-16)24-2)12-21-18(22)19(8-9-19)14-4-3-5-15(20)10-14/h3-7,10-11H,8-9,12H2,1-2H3,(H,21,22). The molecule has 0 radical (unpaired) electrons. The normalized spacial score (nSPS) is 14.8. The number of amides is 1. The average Bonchev–Trinajstić information content (AvgIpc) is 3.41. The average molecular weight is 346 g/mol. The lowest BCUT2D eigenvalue weighted by atomic mass is 9.95. The second-order valence-corrected chi connectivity index (χ2v) is 6.39. The predicted octanol–water partition coefficient (Wildman–Crippen LogP) is 3.71. The molecule has 0 unspecified atom stereocenters. The molecule has 0 aliphatic heterocycles. The Hall–Kier alpha value is -2.20. The molecule has 1 aliphatic carbocycles. The van der Waals surface area contributed by atoms with Gasteiger partial charge in [0.25, 0.3) is 0 Å². The SMILES string of the molecule is COc1ccc(CNC(=O)C2(c3cccc(Cl)c3)CC2)c(OC)c1. The summed E-state index contributed by atoms with van der Waals surface area (Å²) < 4.78 is 10.6. The molecule has 2 aromatic carbocycles. The first-order chi connectivity index (χ1) is 11.6. The van der Waals surface area contributed by atoms with Crippen LogP contribution in [0.5, 0.6) is 11.5 Å². The molecule has 1 fully saturated rings. The van der Waals surface area contributed by atoms with Crippen LogP contribution in [-0.4, -0.2) is 20.1 Å². The number of rotatable bonds is 6. The van der Waals surface area contributed by atoms with Crippen LogP contribution in [-0.2, 0) is 16.8 Å². The molecule has 1 aliphatic rings. The molecule has 3 rings (SSSR count). The molecule has 0 saturated heterocycles. The fourth-order valence-electron chi connectivity index (χ4n) is 2.90. The summed E-state index contributed by atoms with van der Waals surface area (Å²) in [6.07, 6.45) is 1.69. The molecule has 0 aromatic heterocycles. The smallest absolute Gasteiger partial charge is 0.230 e. The maximum Gasteiger partial charge on any atom is 0.230 e. The zero-order valence-corrected chi connectivity index (χ0v) is 14.5. The van der Waals surface area contributed by atoms with E-state index in [2.05, 4.69) is 5.32 Å². The number of hydrogen-bond acceptors (Lipinski definition) is 3. The first kappa shape index (κ1) is 16.7. The molecule has 4 nitrogen and oxygen atoms in total. The van der Waals surface area contributed by atoms with Crippen LogP contribution in [0, 0.1) is 0 Å². The van der Waals surface area contributed by atoms with E-state index in [0.717, 1.165) is 29.7 Å². The molecule has 2 aromatic rings. The lowest BCUT2D eigenvalue weighted by molar-refractivity contribution is -0.123. The van der Waals surface area contributed by atoms with E-state index in [1.165, 1.54) is 0 Å². The zero-order chi connectivity index (χ0) is 17.2. The van der Waals surface area contributed by atoms with Crippen molar-refractivity contribution in [2.75, 3.05) is 14.2 Å². The van der Waals surface area contributed by atoms with Crippen LogP contribution in [0.15, 0.2) is 42.5 Å². The molecule has 0 atom stereocenters. The van der Waals surface area contributed by atoms with Crippen LogP contribution in [0.1, 0.15) is 24.0 Å². The molecule has 24 heavy (non-hydrogen) atoms. The van der Waals surface area contributed by atoms with Gasteiger partial charge in [0, 0.05) is 23.2 Å². The maximum absolute atomic E-state index is 12.7. The van der Waals surface area contributed by atoms with Crippen LogP contribution in [0.3, 0.4) is 0 Å². The largest absolute Gasteiger partial charge is 0.497 e. The fraction of sp³-hybridized carbons (Fsp3) is 0.316. The Morgan fingerprint density at radius 1 is 1.17 bits per heavy atom. The molecule has 0 spiro atoms. The summed E-state index contributed by atoms with van der Waals surface area (Å²) in [6.45, 7) is 0.411. The van der Waals surface area contributed by atoms with Crippen molar-refractivity contribution in [2.24, 2.45) is 0 Å². The van der Waals surface area contributed by atoms with E-state index >= 15 is 0 Å². The van der Waals surface area contributed by atoms with Crippen molar-refractivity contribution >= 4 is 17.5 Å². The summed E-state index contributed by atoms with van der Waals surface area (Å²) in [5.41, 5.74) is 1.45. The van der Waals surface area contributed by atoms with Gasteiger partial charge < -0.3 is 14.8 Å². The summed E-state index contributed by atoms with van der Waals surface area (Å²) in [5, 5.41) is 3.68. The van der Waals surface area contributed by atoms with Crippen LogP contribution < -0.4 is 14.8 Å². The van der Waals surface area contributed by atoms with E-state index in [9.17, 15) is 4.79 Å². The van der Waals surface area contributed by atoms with Gasteiger partial charge in [-0.3, -0.25) is 4.79 Å². The van der Waals surface area contributed by atoms with Gasteiger partial charge in [0.1, 0.15) is 11.5 Å². The number of halogens is 1. The minimum Gasteiger partial charge on any atom is -0.497 e. The molecule has 1 amide bonds. The summed E-state index contributed by atoms with van der Waals surface area (Å²) in [7, 11) is 3.21. The Kier molecular flexibility index (Phi) is 4.67. The Morgan fingerprint density at radius 2 is 1.96 bits per heavy atom. The minimum absolute atomic E-state index is 0.0302. The van der Waals surface area contributed by atoms with Crippen LogP contribution in [0.25, 0.3) is 0 Å². The molecular formula is C19H20ClNO3. The van der Waals surface area contributed by atoms with Gasteiger partial charge in [-0.2, -0.15) is 0 Å². The third-order valence-electron chi connectivity index (χ3n) is 4.50. The molecular weight excluding hydrogens is 326 g/mol. The van der Waals surface area contributed by atoms with Gasteiger partial charge in [-0.05, 0) is 42.7 Å². The number of nitrogens with one attached hydrogen (secondary N) is 1. The summed E-state index contributed by atoms with van der Waals surface area (Å²) in [4.78, 5) is 12.7. The van der Waals surface area contributed by atoms with Crippen LogP contribution in [0.2, 0.25) is 5.02 Å². The zero-order valence-electron chi connectivity index (χ0n) is 13.8. The highest BCUT2D eigenvalue weighted by Crippen LogP contribution is 2.48. The van der Waals surface area contributed by atoms with Gasteiger partial charge in [0.05, 0.1) is 19.6 Å². The van der Waals surface area contributed by atoms with E-state index in [0.29, 0.717) is 17.3 Å². The third-order valence-corrected chi connectivity index (χ3v) is 4.73. The van der Waals surface area contributed by atoms with Crippen LogP contribution >= 0.6 is 11.6 Å². The topological polar surface area (TPSA) is 47.6 Å². The van der Waals surface area contributed by atoms with Gasteiger partial charge >= 0.3 is 0 Å². The maximum atomic E-state index is 12.7. The van der Waals surface area contributed by atoms with Crippen molar-refractivity contribution in [3.05, 3.63) is 58.6 Å². The third kappa shape index (κ3) is 3.20. The van der Waals surface area contributed by atoms with Crippen molar-refractivity contribution in [1.29, 1.82) is 0 Å². The molecule has 126 valence electrons. The van der Waals surface area contributed by atoms with E-state index in [1.54, 1.807) is 14.2 Å². The number of ether oxygens (including phenoxy) is 2. The van der Waals surface area contributed by atoms with E-state index in [4.69, 9.17) is 21.1 Å². The molecule has 0 heterocycles. The molecule has 1 saturated carbocycles. The van der Waals surface area contributed by atoms with Gasteiger partial charge in [-0.15, -0.1) is 0 Å². The Morgan fingerprint density at radius 3 is 2.58 bits per heavy atom. The lowest BCUT2D eigenvalue weighted by Gasteiger charge is -2.17. The first-order valence-electron chi connectivity index (χ1n) is 7.84. The van der Waals surface area contributed by atoms with Crippen molar-refractivity contribution in [2.45, 2.75) is 24.8 Å². The fourth-order valence-corrected chi connectivity index (χ4v) is 3.09. The number of carbonyl (C=O) groups is 1. The second kappa shape index (κ2) is 6.73. The van der Waals surface area contributed by atoms with Gasteiger partial charge in [0.15, 0.2) is 0 Å². The van der Waals surface area contributed by atoms with Crippen molar-refractivity contribution in [1.82, 2.24) is 5.32 Å². The van der Waals surface area contributed by atoms with Gasteiger partial charge in [0.2, 0.25) is 5.91 Å². The lowest BCUT2D eigenvalue weighted by Crippen LogP contribution is -2.34. The highest BCUT2D eigenvalue weighted by molar-refractivity contribution is 6.30. The summed E-state index contributed by atoms with van der Waals surface area (Å²) in [5.74, 6) is 1.45. The second-order valence-electron chi connectivity index (χ2n) is 5.95. The number of hydrogen-bond donors (Lipinski definition) is 1. The number of carbonyl (C=O) groups excluding carboxylic acids is 1. The summed E-state index contributed by atoms with van der Waals surface area (Å²) >= 11 is 6.06. The quantitative estimate of drug-likeness (QED) is 0.868. The van der Waals surface area contributed by atoms with Gasteiger partial charge in [-0.25, -0.2) is 0 Å². The van der Waals surface area contributed by atoms with Gasteiger partial charge in [-0.1, -0.05) is 23.7 Å². The number of methoxy groups -OCH3 is 2. The van der Waals surface area contributed by atoms with E-state index < -0.39 is 5.41 Å². The van der Waals surface area contributed by atoms with E-state index in [1.807, 2.05) is 42.5 Å². The monoisotopic (exact) mass is 345 g/mol. The highest BCUT2D eigenvalue weighted by Gasteiger charge is 2.51. The summed E-state index contributed by atoms with van der Waals surface area (Å²) in [6, 6.07) is 13.1. The molecule has 1 N–H and O–H groups in total. The molecule has 5 heteroatoms. The minimum atomic E-state index is -0.440. The van der Waals surface area contributed by atoms with Crippen molar-refractivity contribution in [3.63, 3.8) is 0 Å².